The Morgan fingerprint density at radius 1 is 1.11 bits per heavy atom. The van der Waals surface area contributed by atoms with Gasteiger partial charge < -0.3 is 9.88 Å². The number of benzene rings is 2. The van der Waals surface area contributed by atoms with Crippen molar-refractivity contribution < 1.29 is 22.0 Å². The summed E-state index contributed by atoms with van der Waals surface area (Å²) < 4.78 is 68.8. The lowest BCUT2D eigenvalue weighted by Crippen LogP contribution is -2.19. The molecule has 2 aromatic carbocycles. The molecule has 0 saturated carbocycles. The molecule has 0 aliphatic rings. The molecule has 0 fully saturated rings. The highest BCUT2D eigenvalue weighted by Crippen LogP contribution is 2.37. The van der Waals surface area contributed by atoms with E-state index >= 15 is 0 Å². The molecule has 3 nitrogen and oxygen atoms in total. The monoisotopic (exact) mass is 396 g/mol. The molecule has 1 N–H and O–H groups in total. The SMILES string of the molecule is Cc1cc([C@@H](C)Nc2ccc(F)cc2C(F)(F)F)c2c(F)cn(C)c(=O)c2c1. The fourth-order valence-electron chi connectivity index (χ4n) is 3.26. The highest BCUT2D eigenvalue weighted by Gasteiger charge is 2.34. The summed E-state index contributed by atoms with van der Waals surface area (Å²) in [6.45, 7) is 3.26. The van der Waals surface area contributed by atoms with Gasteiger partial charge in [-0.3, -0.25) is 4.79 Å². The predicted octanol–water partition coefficient (Wildman–Crippen LogP) is 5.32. The van der Waals surface area contributed by atoms with Crippen LogP contribution >= 0.6 is 0 Å². The Bertz CT molecular complexity index is 1120. The summed E-state index contributed by atoms with van der Waals surface area (Å²) in [5, 5.41) is 2.86. The molecular weight excluding hydrogens is 379 g/mol. The molecule has 0 aliphatic heterocycles. The molecule has 1 aromatic heterocycles. The molecule has 0 spiro atoms. The Morgan fingerprint density at radius 3 is 2.43 bits per heavy atom. The average Bonchev–Trinajstić information content (AvgIpc) is 2.59. The summed E-state index contributed by atoms with van der Waals surface area (Å²) >= 11 is 0. The van der Waals surface area contributed by atoms with Crippen LogP contribution in [0.15, 0.2) is 41.3 Å². The van der Waals surface area contributed by atoms with Gasteiger partial charge in [-0.25, -0.2) is 8.78 Å². The van der Waals surface area contributed by atoms with Gasteiger partial charge in [0.25, 0.3) is 5.56 Å². The summed E-state index contributed by atoms with van der Waals surface area (Å²) in [5.74, 6) is -1.67. The Kier molecular flexibility index (Phi) is 4.91. The van der Waals surface area contributed by atoms with E-state index in [1.54, 1.807) is 19.9 Å². The second-order valence-electron chi connectivity index (χ2n) is 6.72. The largest absolute Gasteiger partial charge is 0.418 e. The number of alkyl halides is 3. The summed E-state index contributed by atoms with van der Waals surface area (Å²) in [4.78, 5) is 12.4. The number of anilines is 1. The van der Waals surface area contributed by atoms with Crippen LogP contribution in [-0.4, -0.2) is 4.57 Å². The Balaban J connectivity index is 2.15. The zero-order valence-corrected chi connectivity index (χ0v) is 15.3. The maximum Gasteiger partial charge on any atom is 0.418 e. The standard InChI is InChI=1S/C20H17F5N2O/c1-10-6-13(18-14(7-10)19(28)27(3)9-16(18)22)11(2)26-17-5-4-12(21)8-15(17)20(23,24)25/h4-9,11,26H,1-3H3/t11-/m1/s1. The van der Waals surface area contributed by atoms with Gasteiger partial charge >= 0.3 is 6.18 Å². The first-order chi connectivity index (χ1) is 13.0. The minimum atomic E-state index is -4.76. The minimum absolute atomic E-state index is 0.0457. The van der Waals surface area contributed by atoms with Crippen molar-refractivity contribution in [2.75, 3.05) is 5.32 Å². The van der Waals surface area contributed by atoms with E-state index < -0.39 is 35.0 Å². The van der Waals surface area contributed by atoms with Crippen LogP contribution in [0.1, 0.15) is 29.7 Å². The molecule has 3 rings (SSSR count). The van der Waals surface area contributed by atoms with Crippen LogP contribution in [-0.2, 0) is 13.2 Å². The van der Waals surface area contributed by atoms with Gasteiger partial charge in [-0.05, 0) is 49.2 Å². The third kappa shape index (κ3) is 3.58. The molecule has 3 aromatic rings. The number of halogens is 5. The molecule has 148 valence electrons. The number of hydrogen-bond donors (Lipinski definition) is 1. The average molecular weight is 396 g/mol. The van der Waals surface area contributed by atoms with E-state index in [2.05, 4.69) is 5.32 Å². The molecule has 0 radical (unpaired) electrons. The first-order valence-electron chi connectivity index (χ1n) is 8.41. The van der Waals surface area contributed by atoms with E-state index in [9.17, 15) is 26.7 Å². The molecule has 0 aliphatic carbocycles. The molecule has 1 atom stereocenters. The van der Waals surface area contributed by atoms with Gasteiger partial charge in [0.15, 0.2) is 0 Å². The third-order valence-electron chi connectivity index (χ3n) is 4.54. The Labute approximate surface area is 157 Å². The predicted molar refractivity (Wildman–Crippen MR) is 97.3 cm³/mol. The van der Waals surface area contributed by atoms with Crippen LogP contribution in [0, 0.1) is 18.6 Å². The van der Waals surface area contributed by atoms with E-state index in [0.29, 0.717) is 17.2 Å². The second kappa shape index (κ2) is 6.92. The second-order valence-corrected chi connectivity index (χ2v) is 6.72. The van der Waals surface area contributed by atoms with Crippen molar-refractivity contribution in [3.05, 3.63) is 75.2 Å². The lowest BCUT2D eigenvalue weighted by molar-refractivity contribution is -0.137. The number of aryl methyl sites for hydroxylation is 2. The van der Waals surface area contributed by atoms with Crippen molar-refractivity contribution in [2.45, 2.75) is 26.1 Å². The summed E-state index contributed by atoms with van der Waals surface area (Å²) in [6, 6.07) is 4.67. The van der Waals surface area contributed by atoms with Crippen molar-refractivity contribution >= 4 is 16.5 Å². The van der Waals surface area contributed by atoms with Crippen molar-refractivity contribution in [3.63, 3.8) is 0 Å². The molecule has 8 heteroatoms. The number of rotatable bonds is 3. The van der Waals surface area contributed by atoms with Crippen molar-refractivity contribution in [1.29, 1.82) is 0 Å². The fraction of sp³-hybridized carbons (Fsp3) is 0.250. The van der Waals surface area contributed by atoms with Crippen molar-refractivity contribution in [2.24, 2.45) is 7.05 Å². The molecule has 28 heavy (non-hydrogen) atoms. The zero-order chi connectivity index (χ0) is 20.8. The van der Waals surface area contributed by atoms with E-state index in [0.717, 1.165) is 22.9 Å². The third-order valence-corrected chi connectivity index (χ3v) is 4.54. The van der Waals surface area contributed by atoms with Gasteiger partial charge in [-0.15, -0.1) is 0 Å². The summed E-state index contributed by atoms with van der Waals surface area (Å²) in [6.07, 6.45) is -3.73. The maximum atomic E-state index is 14.6. The minimum Gasteiger partial charge on any atom is -0.378 e. The number of fused-ring (bicyclic) bond motifs is 1. The fourth-order valence-corrected chi connectivity index (χ4v) is 3.26. The van der Waals surface area contributed by atoms with Crippen LogP contribution in [0.2, 0.25) is 0 Å². The highest BCUT2D eigenvalue weighted by atomic mass is 19.4. The summed E-state index contributed by atoms with van der Waals surface area (Å²) in [5.41, 5.74) is -0.907. The van der Waals surface area contributed by atoms with Gasteiger partial charge in [0.1, 0.15) is 11.6 Å². The molecule has 0 unspecified atom stereocenters. The maximum absolute atomic E-state index is 14.6. The molecule has 0 saturated heterocycles. The number of aromatic nitrogens is 1. The van der Waals surface area contributed by atoms with Gasteiger partial charge in [0, 0.05) is 30.4 Å². The van der Waals surface area contributed by atoms with Crippen molar-refractivity contribution in [1.82, 2.24) is 4.57 Å². The van der Waals surface area contributed by atoms with Crippen LogP contribution in [0.4, 0.5) is 27.6 Å². The number of nitrogens with one attached hydrogen (secondary N) is 1. The zero-order valence-electron chi connectivity index (χ0n) is 15.3. The topological polar surface area (TPSA) is 34.0 Å². The van der Waals surface area contributed by atoms with E-state index in [-0.39, 0.29) is 16.5 Å². The van der Waals surface area contributed by atoms with Gasteiger partial charge in [-0.2, -0.15) is 13.2 Å². The normalized spacial score (nSPS) is 13.0. The summed E-state index contributed by atoms with van der Waals surface area (Å²) in [7, 11) is 1.42. The lowest BCUT2D eigenvalue weighted by Gasteiger charge is -2.22. The molecule has 0 amide bonds. The smallest absolute Gasteiger partial charge is 0.378 e. The molecule has 0 bridgehead atoms. The van der Waals surface area contributed by atoms with Crippen LogP contribution in [0.5, 0.6) is 0 Å². The first-order valence-corrected chi connectivity index (χ1v) is 8.41. The first kappa shape index (κ1) is 19.9. The number of hydrogen-bond acceptors (Lipinski definition) is 2. The quantitative estimate of drug-likeness (QED) is 0.609. The van der Waals surface area contributed by atoms with E-state index in [1.165, 1.54) is 13.1 Å². The highest BCUT2D eigenvalue weighted by molar-refractivity contribution is 5.87. The van der Waals surface area contributed by atoms with E-state index in [4.69, 9.17) is 0 Å². The molecule has 1 heterocycles. The van der Waals surface area contributed by atoms with Crippen LogP contribution in [0.25, 0.3) is 10.8 Å². The van der Waals surface area contributed by atoms with Gasteiger partial charge in [0.2, 0.25) is 0 Å². The van der Waals surface area contributed by atoms with Gasteiger partial charge in [0.05, 0.1) is 10.9 Å². The van der Waals surface area contributed by atoms with Crippen molar-refractivity contribution in [3.8, 4) is 0 Å². The van der Waals surface area contributed by atoms with Crippen LogP contribution < -0.4 is 10.9 Å². The van der Waals surface area contributed by atoms with Gasteiger partial charge in [-0.1, -0.05) is 6.07 Å². The number of nitrogens with zero attached hydrogens (tertiary/aromatic N) is 1. The Morgan fingerprint density at radius 2 is 1.79 bits per heavy atom. The lowest BCUT2D eigenvalue weighted by atomic mass is 9.97. The van der Waals surface area contributed by atoms with Crippen LogP contribution in [0.3, 0.4) is 0 Å². The molecular formula is C20H17F5N2O. The number of pyridine rings is 1. The Hall–Kier alpha value is -2.90. The van der Waals surface area contributed by atoms with E-state index in [1.807, 2.05) is 0 Å².